The molecule has 1 aromatic rings. The van der Waals surface area contributed by atoms with Gasteiger partial charge in [-0.25, -0.2) is 0 Å². The standard InChI is InChI=1S/C17H31N7O/c1-22(2)12-14-20-21-15(23(14)3)13-5-4-10-24(11-13)16(25)17(18)6-8-19-9-7-17/h13,19H,4-12,18H2,1-3H3. The molecule has 2 aliphatic heterocycles. The van der Waals surface area contributed by atoms with Gasteiger partial charge in [0.15, 0.2) is 0 Å². The summed E-state index contributed by atoms with van der Waals surface area (Å²) in [5.41, 5.74) is 5.73. The van der Waals surface area contributed by atoms with Gasteiger partial charge in [0.2, 0.25) is 5.91 Å². The van der Waals surface area contributed by atoms with E-state index in [0.29, 0.717) is 19.4 Å². The molecule has 2 aliphatic rings. The molecule has 0 aliphatic carbocycles. The van der Waals surface area contributed by atoms with Crippen LogP contribution in [0.4, 0.5) is 0 Å². The number of piperidine rings is 2. The number of aromatic nitrogens is 3. The SMILES string of the molecule is CN(C)Cc1nnc(C2CCCN(C(=O)C3(N)CCNCC3)C2)n1C. The molecule has 140 valence electrons. The molecule has 3 rings (SSSR count). The summed E-state index contributed by atoms with van der Waals surface area (Å²) >= 11 is 0. The van der Waals surface area contributed by atoms with E-state index in [4.69, 9.17) is 5.73 Å². The predicted molar refractivity (Wildman–Crippen MR) is 96.0 cm³/mol. The molecule has 8 heteroatoms. The molecule has 2 saturated heterocycles. The highest BCUT2D eigenvalue weighted by molar-refractivity contribution is 5.86. The molecule has 1 unspecified atom stereocenters. The van der Waals surface area contributed by atoms with Crippen LogP contribution in [0.2, 0.25) is 0 Å². The molecule has 1 aromatic heterocycles. The summed E-state index contributed by atoms with van der Waals surface area (Å²) in [6, 6.07) is 0. The summed E-state index contributed by atoms with van der Waals surface area (Å²) in [4.78, 5) is 17.1. The Kier molecular flexibility index (Phi) is 5.41. The summed E-state index contributed by atoms with van der Waals surface area (Å²) in [6.07, 6.45) is 3.45. The van der Waals surface area contributed by atoms with E-state index < -0.39 is 5.54 Å². The van der Waals surface area contributed by atoms with Gasteiger partial charge in [-0.05, 0) is 52.9 Å². The number of nitrogens with one attached hydrogen (secondary N) is 1. The summed E-state index contributed by atoms with van der Waals surface area (Å²) in [5, 5.41) is 12.0. The quantitative estimate of drug-likeness (QED) is 0.773. The Bertz CT molecular complexity index is 606. The highest BCUT2D eigenvalue weighted by Gasteiger charge is 2.40. The lowest BCUT2D eigenvalue weighted by Gasteiger charge is -2.40. The zero-order valence-electron chi connectivity index (χ0n) is 15.7. The van der Waals surface area contributed by atoms with Crippen molar-refractivity contribution in [1.29, 1.82) is 0 Å². The normalized spacial score (nSPS) is 23.9. The second-order valence-corrected chi connectivity index (χ2v) is 7.77. The van der Waals surface area contributed by atoms with Gasteiger partial charge in [0.05, 0.1) is 12.1 Å². The minimum absolute atomic E-state index is 0.106. The van der Waals surface area contributed by atoms with Crippen molar-refractivity contribution in [3.05, 3.63) is 11.6 Å². The number of hydrogen-bond acceptors (Lipinski definition) is 6. The first-order chi connectivity index (χ1) is 11.9. The molecule has 25 heavy (non-hydrogen) atoms. The number of carbonyl (C=O) groups excluding carboxylic acids is 1. The zero-order valence-corrected chi connectivity index (χ0v) is 15.7. The highest BCUT2D eigenvalue weighted by atomic mass is 16.2. The Morgan fingerprint density at radius 3 is 2.76 bits per heavy atom. The first-order valence-electron chi connectivity index (χ1n) is 9.22. The van der Waals surface area contributed by atoms with Crippen LogP contribution < -0.4 is 11.1 Å². The van der Waals surface area contributed by atoms with E-state index in [0.717, 1.165) is 50.7 Å². The molecule has 1 amide bonds. The predicted octanol–water partition coefficient (Wildman–Crippen LogP) is -0.336. The number of nitrogens with two attached hydrogens (primary N) is 1. The minimum Gasteiger partial charge on any atom is -0.340 e. The van der Waals surface area contributed by atoms with Gasteiger partial charge in [-0.1, -0.05) is 0 Å². The van der Waals surface area contributed by atoms with Crippen LogP contribution in [-0.4, -0.2) is 76.3 Å². The number of amides is 1. The summed E-state index contributed by atoms with van der Waals surface area (Å²) in [7, 11) is 6.07. The lowest BCUT2D eigenvalue weighted by atomic mass is 9.86. The van der Waals surface area contributed by atoms with Crippen molar-refractivity contribution in [3.63, 3.8) is 0 Å². The maximum absolute atomic E-state index is 13.0. The van der Waals surface area contributed by atoms with E-state index in [1.54, 1.807) is 0 Å². The smallest absolute Gasteiger partial charge is 0.242 e. The first-order valence-corrected chi connectivity index (χ1v) is 9.22. The number of rotatable bonds is 4. The molecule has 0 radical (unpaired) electrons. The van der Waals surface area contributed by atoms with Crippen LogP contribution in [0.5, 0.6) is 0 Å². The molecule has 8 nitrogen and oxygen atoms in total. The number of nitrogens with zero attached hydrogens (tertiary/aromatic N) is 5. The van der Waals surface area contributed by atoms with Gasteiger partial charge in [-0.2, -0.15) is 0 Å². The Labute approximate surface area is 149 Å². The Hall–Kier alpha value is -1.51. The van der Waals surface area contributed by atoms with Crippen molar-refractivity contribution in [3.8, 4) is 0 Å². The molecule has 0 bridgehead atoms. The van der Waals surface area contributed by atoms with E-state index in [1.807, 2.05) is 26.0 Å². The molecule has 0 saturated carbocycles. The van der Waals surface area contributed by atoms with Crippen molar-refractivity contribution in [2.24, 2.45) is 12.8 Å². The Balaban J connectivity index is 1.71. The fourth-order valence-corrected chi connectivity index (χ4v) is 3.93. The number of hydrogen-bond donors (Lipinski definition) is 2. The Morgan fingerprint density at radius 1 is 1.36 bits per heavy atom. The molecule has 0 aromatic carbocycles. The van der Waals surface area contributed by atoms with Crippen molar-refractivity contribution < 1.29 is 4.79 Å². The average molecular weight is 349 g/mol. The molecule has 2 fully saturated rings. The lowest BCUT2D eigenvalue weighted by molar-refractivity contribution is -0.139. The summed E-state index contributed by atoms with van der Waals surface area (Å²) in [6.45, 7) is 3.88. The minimum atomic E-state index is -0.705. The molecular formula is C17H31N7O. The van der Waals surface area contributed by atoms with Gasteiger partial charge in [-0.3, -0.25) is 4.79 Å². The van der Waals surface area contributed by atoms with Crippen molar-refractivity contribution in [2.45, 2.75) is 43.7 Å². The van der Waals surface area contributed by atoms with Crippen LogP contribution in [0.1, 0.15) is 43.3 Å². The lowest BCUT2D eigenvalue weighted by Crippen LogP contribution is -2.61. The van der Waals surface area contributed by atoms with E-state index in [1.165, 1.54) is 0 Å². The maximum atomic E-state index is 13.0. The van der Waals surface area contributed by atoms with Crippen molar-refractivity contribution in [2.75, 3.05) is 40.3 Å². The zero-order chi connectivity index (χ0) is 18.0. The third-order valence-corrected chi connectivity index (χ3v) is 5.45. The third-order valence-electron chi connectivity index (χ3n) is 5.45. The van der Waals surface area contributed by atoms with Gasteiger partial charge in [0, 0.05) is 26.1 Å². The van der Waals surface area contributed by atoms with Gasteiger partial charge >= 0.3 is 0 Å². The van der Waals surface area contributed by atoms with Crippen molar-refractivity contribution in [1.82, 2.24) is 29.9 Å². The van der Waals surface area contributed by atoms with Crippen LogP contribution in [0.3, 0.4) is 0 Å². The van der Waals surface area contributed by atoms with Gasteiger partial charge in [-0.15, -0.1) is 10.2 Å². The van der Waals surface area contributed by atoms with Gasteiger partial charge in [0.1, 0.15) is 11.6 Å². The molecule has 3 N–H and O–H groups in total. The van der Waals surface area contributed by atoms with Crippen LogP contribution >= 0.6 is 0 Å². The van der Waals surface area contributed by atoms with E-state index in [2.05, 4.69) is 25.0 Å². The van der Waals surface area contributed by atoms with E-state index in [-0.39, 0.29) is 11.8 Å². The second kappa shape index (κ2) is 7.39. The number of carbonyl (C=O) groups is 1. The van der Waals surface area contributed by atoms with E-state index in [9.17, 15) is 4.79 Å². The Morgan fingerprint density at radius 2 is 2.08 bits per heavy atom. The third kappa shape index (κ3) is 3.86. The average Bonchev–Trinajstić information content (AvgIpc) is 2.95. The summed E-state index contributed by atoms with van der Waals surface area (Å²) in [5.74, 6) is 2.27. The number of likely N-dealkylation sites (tertiary alicyclic amines) is 1. The van der Waals surface area contributed by atoms with Crippen LogP contribution in [0, 0.1) is 0 Å². The topological polar surface area (TPSA) is 92.3 Å². The van der Waals surface area contributed by atoms with Gasteiger partial charge in [0.25, 0.3) is 0 Å². The fraction of sp³-hybridized carbons (Fsp3) is 0.824. The summed E-state index contributed by atoms with van der Waals surface area (Å²) < 4.78 is 2.08. The molecule has 1 atom stereocenters. The fourth-order valence-electron chi connectivity index (χ4n) is 3.93. The second-order valence-electron chi connectivity index (χ2n) is 7.77. The highest BCUT2D eigenvalue weighted by Crippen LogP contribution is 2.28. The van der Waals surface area contributed by atoms with Crippen LogP contribution in [-0.2, 0) is 18.4 Å². The molecule has 3 heterocycles. The molecule has 0 spiro atoms. The molecular weight excluding hydrogens is 318 g/mol. The van der Waals surface area contributed by atoms with Gasteiger partial charge < -0.3 is 25.4 Å². The van der Waals surface area contributed by atoms with Crippen LogP contribution in [0.15, 0.2) is 0 Å². The van der Waals surface area contributed by atoms with Crippen molar-refractivity contribution >= 4 is 5.91 Å². The largest absolute Gasteiger partial charge is 0.340 e. The van der Waals surface area contributed by atoms with Crippen LogP contribution in [0.25, 0.3) is 0 Å². The van der Waals surface area contributed by atoms with E-state index >= 15 is 0 Å². The monoisotopic (exact) mass is 349 g/mol. The first kappa shape index (κ1) is 18.3. The maximum Gasteiger partial charge on any atom is 0.242 e.